The maximum absolute atomic E-state index is 5.90. The topological polar surface area (TPSA) is 80.2 Å². The molecule has 8 nitrogen and oxygen atoms in total. The van der Waals surface area contributed by atoms with E-state index in [9.17, 15) is 0 Å². The highest BCUT2D eigenvalue weighted by Crippen LogP contribution is 2.23. The highest BCUT2D eigenvalue weighted by Gasteiger charge is 2.19. The molecule has 0 amide bonds. The molecule has 2 aromatic heterocycles. The molecule has 1 aliphatic rings. The van der Waals surface area contributed by atoms with E-state index in [1.807, 2.05) is 25.1 Å². The molecule has 0 saturated carbocycles. The molecule has 0 atom stereocenters. The van der Waals surface area contributed by atoms with E-state index in [0.29, 0.717) is 29.2 Å². The zero-order chi connectivity index (χ0) is 20.8. The van der Waals surface area contributed by atoms with E-state index in [1.54, 1.807) is 24.0 Å². The Hall–Kier alpha value is -2.78. The first-order valence-corrected chi connectivity index (χ1v) is 11.0. The van der Waals surface area contributed by atoms with Crippen LogP contribution in [-0.4, -0.2) is 63.0 Å². The summed E-state index contributed by atoms with van der Waals surface area (Å²) in [7, 11) is 2.12. The summed E-state index contributed by atoms with van der Waals surface area (Å²) in [5, 5.41) is 0.653. The minimum absolute atomic E-state index is 0.272. The van der Waals surface area contributed by atoms with Crippen LogP contribution in [0, 0.1) is 0 Å². The van der Waals surface area contributed by atoms with E-state index in [0.717, 1.165) is 31.9 Å². The van der Waals surface area contributed by atoms with Gasteiger partial charge in [-0.3, -0.25) is 0 Å². The van der Waals surface area contributed by atoms with Crippen LogP contribution in [-0.2, 0) is 12.2 Å². The number of piperazine rings is 1. The zero-order valence-corrected chi connectivity index (χ0v) is 18.0. The molecule has 156 valence electrons. The fourth-order valence-electron chi connectivity index (χ4n) is 3.01. The molecule has 0 N–H and O–H groups in total. The Kier molecular flexibility index (Phi) is 6.70. The predicted molar refractivity (Wildman–Crippen MR) is 117 cm³/mol. The van der Waals surface area contributed by atoms with Crippen LogP contribution in [0.4, 0.5) is 5.95 Å². The molecule has 1 saturated heterocycles. The van der Waals surface area contributed by atoms with E-state index in [-0.39, 0.29) is 6.01 Å². The average Bonchev–Trinajstić information content (AvgIpc) is 2.79. The number of thioether (sulfide) groups is 1. The Morgan fingerprint density at radius 1 is 0.967 bits per heavy atom. The quantitative estimate of drug-likeness (QED) is 0.421. The van der Waals surface area contributed by atoms with Gasteiger partial charge in [-0.25, -0.2) is 4.98 Å². The molecule has 1 aromatic carbocycles. The van der Waals surface area contributed by atoms with Crippen LogP contribution in [0.5, 0.6) is 11.9 Å². The molecule has 3 aromatic rings. The summed E-state index contributed by atoms with van der Waals surface area (Å²) in [6, 6.07) is 12.2. The molecule has 9 heteroatoms. The van der Waals surface area contributed by atoms with Crippen molar-refractivity contribution < 1.29 is 4.74 Å². The van der Waals surface area contributed by atoms with Crippen LogP contribution in [0.15, 0.2) is 47.8 Å². The second-order valence-electron chi connectivity index (χ2n) is 7.03. The van der Waals surface area contributed by atoms with E-state index >= 15 is 0 Å². The number of benzene rings is 1. The highest BCUT2D eigenvalue weighted by molar-refractivity contribution is 7.98. The van der Waals surface area contributed by atoms with Crippen LogP contribution < -0.4 is 9.64 Å². The number of rotatable bonds is 7. The van der Waals surface area contributed by atoms with Crippen molar-refractivity contribution >= 4 is 17.7 Å². The van der Waals surface area contributed by atoms with Crippen molar-refractivity contribution in [2.45, 2.75) is 24.3 Å². The largest absolute Gasteiger partial charge is 0.405 e. The summed E-state index contributed by atoms with van der Waals surface area (Å²) in [5.74, 6) is 2.60. The third-order valence-corrected chi connectivity index (χ3v) is 5.70. The lowest BCUT2D eigenvalue weighted by molar-refractivity contribution is 0.310. The van der Waals surface area contributed by atoms with Crippen molar-refractivity contribution in [2.24, 2.45) is 0 Å². The Morgan fingerprint density at radius 3 is 2.53 bits per heavy atom. The van der Waals surface area contributed by atoms with Crippen molar-refractivity contribution in [2.75, 3.05) is 38.1 Å². The van der Waals surface area contributed by atoms with Crippen LogP contribution in [0.25, 0.3) is 0 Å². The first-order valence-electron chi connectivity index (χ1n) is 10.1. The molecule has 0 bridgehead atoms. The van der Waals surface area contributed by atoms with Crippen molar-refractivity contribution in [3.63, 3.8) is 0 Å². The standard InChI is InChI=1S/C21H25N7OS/c1-3-17-23-19(28-13-11-27(2)12-14-28)26-20(24-17)29-18-9-10-22-21(25-18)30-15-16-7-5-4-6-8-16/h4-10H,3,11-15H2,1-2H3. The van der Waals surface area contributed by atoms with Gasteiger partial charge in [0.25, 0.3) is 0 Å². The van der Waals surface area contributed by atoms with Crippen molar-refractivity contribution in [1.29, 1.82) is 0 Å². The Bertz CT molecular complexity index is 965. The van der Waals surface area contributed by atoms with Crippen LogP contribution in [0.3, 0.4) is 0 Å². The number of hydrogen-bond acceptors (Lipinski definition) is 9. The molecule has 0 aliphatic carbocycles. The molecule has 3 heterocycles. The molecule has 4 rings (SSSR count). The molecular formula is C21H25N7OS. The number of nitrogens with zero attached hydrogens (tertiary/aromatic N) is 7. The zero-order valence-electron chi connectivity index (χ0n) is 17.2. The summed E-state index contributed by atoms with van der Waals surface area (Å²) in [4.78, 5) is 26.9. The third kappa shape index (κ3) is 5.43. The number of hydrogen-bond donors (Lipinski definition) is 0. The number of aryl methyl sites for hydroxylation is 1. The molecular weight excluding hydrogens is 398 g/mol. The normalized spacial score (nSPS) is 14.7. The second-order valence-corrected chi connectivity index (χ2v) is 7.97. The molecule has 0 unspecified atom stereocenters. The van der Waals surface area contributed by atoms with Gasteiger partial charge in [-0.15, -0.1) is 0 Å². The first-order chi connectivity index (χ1) is 14.7. The highest BCUT2D eigenvalue weighted by atomic mass is 32.2. The van der Waals surface area contributed by atoms with Crippen molar-refractivity contribution in [3.8, 4) is 11.9 Å². The molecule has 1 fully saturated rings. The van der Waals surface area contributed by atoms with Gasteiger partial charge in [-0.2, -0.15) is 19.9 Å². The summed E-state index contributed by atoms with van der Waals surface area (Å²) < 4.78 is 5.90. The SMILES string of the molecule is CCc1nc(Oc2ccnc(SCc3ccccc3)n2)nc(N2CCN(C)CC2)n1. The second kappa shape index (κ2) is 9.82. The van der Waals surface area contributed by atoms with Crippen molar-refractivity contribution in [3.05, 3.63) is 54.0 Å². The first kappa shape index (κ1) is 20.5. The van der Waals surface area contributed by atoms with Crippen LogP contribution in [0.1, 0.15) is 18.3 Å². The monoisotopic (exact) mass is 423 g/mol. The maximum Gasteiger partial charge on any atom is 0.328 e. The van der Waals surface area contributed by atoms with Gasteiger partial charge in [-0.1, -0.05) is 49.0 Å². The Balaban J connectivity index is 1.47. The van der Waals surface area contributed by atoms with Gasteiger partial charge in [-0.05, 0) is 12.6 Å². The smallest absolute Gasteiger partial charge is 0.328 e. The lowest BCUT2D eigenvalue weighted by Crippen LogP contribution is -2.45. The van der Waals surface area contributed by atoms with E-state index < -0.39 is 0 Å². The van der Waals surface area contributed by atoms with Crippen molar-refractivity contribution in [1.82, 2.24) is 29.8 Å². The Labute approximate surface area is 180 Å². The van der Waals surface area contributed by atoms with Gasteiger partial charge in [0.1, 0.15) is 5.82 Å². The Morgan fingerprint density at radius 2 is 1.77 bits per heavy atom. The minimum Gasteiger partial charge on any atom is -0.405 e. The molecule has 30 heavy (non-hydrogen) atoms. The fourth-order valence-corrected chi connectivity index (χ4v) is 3.78. The lowest BCUT2D eigenvalue weighted by atomic mass is 10.2. The van der Waals surface area contributed by atoms with Crippen LogP contribution >= 0.6 is 11.8 Å². The third-order valence-electron chi connectivity index (χ3n) is 4.77. The summed E-state index contributed by atoms with van der Waals surface area (Å²) in [5.41, 5.74) is 1.22. The lowest BCUT2D eigenvalue weighted by Gasteiger charge is -2.32. The fraction of sp³-hybridized carbons (Fsp3) is 0.381. The summed E-state index contributed by atoms with van der Waals surface area (Å²) in [6.07, 6.45) is 2.40. The van der Waals surface area contributed by atoms with Gasteiger partial charge < -0.3 is 14.5 Å². The van der Waals surface area contributed by atoms with Gasteiger partial charge in [0.05, 0.1) is 0 Å². The van der Waals surface area contributed by atoms with Gasteiger partial charge in [0.15, 0.2) is 5.16 Å². The minimum atomic E-state index is 0.272. The number of ether oxygens (including phenoxy) is 1. The maximum atomic E-state index is 5.90. The van der Waals surface area contributed by atoms with Crippen LogP contribution in [0.2, 0.25) is 0 Å². The van der Waals surface area contributed by atoms with E-state index in [1.165, 1.54) is 5.56 Å². The number of likely N-dealkylation sites (N-methyl/N-ethyl adjacent to an activating group) is 1. The summed E-state index contributed by atoms with van der Waals surface area (Å²) >= 11 is 1.56. The van der Waals surface area contributed by atoms with Gasteiger partial charge in [0.2, 0.25) is 11.8 Å². The molecule has 0 radical (unpaired) electrons. The summed E-state index contributed by atoms with van der Waals surface area (Å²) in [6.45, 7) is 5.76. The van der Waals surface area contributed by atoms with Gasteiger partial charge in [0, 0.05) is 50.6 Å². The number of anilines is 1. The van der Waals surface area contributed by atoms with E-state index in [4.69, 9.17) is 4.74 Å². The van der Waals surface area contributed by atoms with E-state index in [2.05, 4.69) is 53.9 Å². The average molecular weight is 424 g/mol. The van der Waals surface area contributed by atoms with Gasteiger partial charge >= 0.3 is 6.01 Å². The molecule has 1 aliphatic heterocycles. The number of aromatic nitrogens is 5. The predicted octanol–water partition coefficient (Wildman–Crippen LogP) is 3.06. The molecule has 0 spiro atoms.